The summed E-state index contributed by atoms with van der Waals surface area (Å²) in [6.07, 6.45) is 4.59. The predicted octanol–water partition coefficient (Wildman–Crippen LogP) is 2.03. The first-order chi connectivity index (χ1) is 7.96. The summed E-state index contributed by atoms with van der Waals surface area (Å²) in [7, 11) is 0. The predicted molar refractivity (Wildman–Crippen MR) is 63.5 cm³/mol. The quantitative estimate of drug-likeness (QED) is 0.798. The van der Waals surface area contributed by atoms with Crippen molar-refractivity contribution in [3.05, 3.63) is 0 Å². The van der Waals surface area contributed by atoms with Crippen LogP contribution in [0.5, 0.6) is 0 Å². The van der Waals surface area contributed by atoms with Crippen LogP contribution in [0.1, 0.15) is 52.4 Å². The van der Waals surface area contributed by atoms with Gasteiger partial charge in [-0.15, -0.1) is 0 Å². The fourth-order valence-electron chi connectivity index (χ4n) is 2.72. The average molecular weight is 239 g/mol. The number of carbonyl (C=O) groups is 2. The summed E-state index contributed by atoms with van der Waals surface area (Å²) in [6, 6.07) is 0.550. The van der Waals surface area contributed by atoms with Gasteiger partial charge in [0.1, 0.15) is 0 Å². The van der Waals surface area contributed by atoms with Gasteiger partial charge in [0.25, 0.3) is 0 Å². The number of hydrogen-bond donors (Lipinski definition) is 1. The maximum absolute atomic E-state index is 12.2. The second-order valence-electron chi connectivity index (χ2n) is 5.74. The Balaban J connectivity index is 2.01. The van der Waals surface area contributed by atoms with E-state index in [9.17, 15) is 14.7 Å². The second kappa shape index (κ2) is 4.31. The van der Waals surface area contributed by atoms with Crippen molar-refractivity contribution in [1.29, 1.82) is 0 Å². The molecule has 2 fully saturated rings. The number of carboxylic acids is 1. The van der Waals surface area contributed by atoms with Crippen LogP contribution in [0.3, 0.4) is 0 Å². The Labute approximate surface area is 102 Å². The van der Waals surface area contributed by atoms with Gasteiger partial charge in [0.15, 0.2) is 0 Å². The maximum atomic E-state index is 12.2. The van der Waals surface area contributed by atoms with Crippen LogP contribution in [0.15, 0.2) is 0 Å². The van der Waals surface area contributed by atoms with E-state index in [-0.39, 0.29) is 18.4 Å². The number of amides is 1. The largest absolute Gasteiger partial charge is 0.481 e. The zero-order valence-corrected chi connectivity index (χ0v) is 10.6. The molecule has 0 aromatic carbocycles. The molecule has 0 aromatic rings. The van der Waals surface area contributed by atoms with Gasteiger partial charge < -0.3 is 10.0 Å². The minimum Gasteiger partial charge on any atom is -0.481 e. The molecule has 0 atom stereocenters. The van der Waals surface area contributed by atoms with Crippen LogP contribution in [0.4, 0.5) is 0 Å². The zero-order valence-electron chi connectivity index (χ0n) is 10.6. The van der Waals surface area contributed by atoms with E-state index in [0.29, 0.717) is 18.9 Å². The van der Waals surface area contributed by atoms with Gasteiger partial charge in [0.05, 0.1) is 5.41 Å². The van der Waals surface area contributed by atoms with E-state index in [2.05, 4.69) is 0 Å². The molecule has 17 heavy (non-hydrogen) atoms. The maximum Gasteiger partial charge on any atom is 0.310 e. The smallest absolute Gasteiger partial charge is 0.310 e. The first kappa shape index (κ1) is 12.4. The second-order valence-corrected chi connectivity index (χ2v) is 5.74. The lowest BCUT2D eigenvalue weighted by Crippen LogP contribution is -2.46. The molecule has 96 valence electrons. The highest BCUT2D eigenvalue weighted by atomic mass is 16.4. The molecular formula is C13H21NO3. The van der Waals surface area contributed by atoms with E-state index in [4.69, 9.17) is 0 Å². The van der Waals surface area contributed by atoms with Gasteiger partial charge in [0, 0.05) is 18.5 Å². The summed E-state index contributed by atoms with van der Waals surface area (Å²) in [4.78, 5) is 25.4. The molecule has 1 amide bonds. The van der Waals surface area contributed by atoms with E-state index >= 15 is 0 Å². The summed E-state index contributed by atoms with van der Waals surface area (Å²) < 4.78 is 0. The molecule has 0 spiro atoms. The van der Waals surface area contributed by atoms with Gasteiger partial charge in [-0.3, -0.25) is 9.59 Å². The molecule has 0 unspecified atom stereocenters. The van der Waals surface area contributed by atoms with Crippen molar-refractivity contribution in [2.75, 3.05) is 0 Å². The van der Waals surface area contributed by atoms with Crippen LogP contribution in [0, 0.1) is 5.41 Å². The minimum atomic E-state index is -0.795. The van der Waals surface area contributed by atoms with E-state index < -0.39 is 11.4 Å². The zero-order chi connectivity index (χ0) is 12.6. The lowest BCUT2D eigenvalue weighted by atomic mass is 9.66. The van der Waals surface area contributed by atoms with Crippen LogP contribution < -0.4 is 0 Å². The Bertz CT molecular complexity index is 328. The molecule has 0 heterocycles. The lowest BCUT2D eigenvalue weighted by molar-refractivity contribution is -0.160. The molecule has 2 rings (SSSR count). The molecule has 0 aliphatic heterocycles. The molecule has 0 aromatic heterocycles. The molecule has 2 aliphatic carbocycles. The third-order valence-electron chi connectivity index (χ3n) is 4.04. The first-order valence-corrected chi connectivity index (χ1v) is 6.51. The minimum absolute atomic E-state index is 0.0320. The van der Waals surface area contributed by atoms with Gasteiger partial charge in [-0.25, -0.2) is 0 Å². The van der Waals surface area contributed by atoms with Crippen LogP contribution in [0.25, 0.3) is 0 Å². The van der Waals surface area contributed by atoms with Gasteiger partial charge >= 0.3 is 5.97 Å². The van der Waals surface area contributed by atoms with E-state index in [1.807, 2.05) is 18.7 Å². The molecule has 2 aliphatic rings. The van der Waals surface area contributed by atoms with Gasteiger partial charge in [0.2, 0.25) is 5.91 Å². The molecule has 0 saturated heterocycles. The van der Waals surface area contributed by atoms with Gasteiger partial charge in [-0.1, -0.05) is 6.42 Å². The van der Waals surface area contributed by atoms with E-state index in [1.54, 1.807) is 0 Å². The molecule has 2 saturated carbocycles. The average Bonchev–Trinajstić information content (AvgIpc) is 2.94. The van der Waals surface area contributed by atoms with Crippen molar-refractivity contribution >= 4 is 11.9 Å². The number of carbonyl (C=O) groups excluding carboxylic acids is 1. The summed E-state index contributed by atoms with van der Waals surface area (Å²) in [5.41, 5.74) is -0.751. The highest BCUT2D eigenvalue weighted by Gasteiger charge is 2.48. The first-order valence-electron chi connectivity index (χ1n) is 6.51. The Morgan fingerprint density at radius 2 is 1.94 bits per heavy atom. The highest BCUT2D eigenvalue weighted by Crippen LogP contribution is 2.45. The third-order valence-corrected chi connectivity index (χ3v) is 4.04. The number of hydrogen-bond acceptors (Lipinski definition) is 2. The van der Waals surface area contributed by atoms with Crippen molar-refractivity contribution in [3.63, 3.8) is 0 Å². The Morgan fingerprint density at radius 1 is 1.35 bits per heavy atom. The Morgan fingerprint density at radius 3 is 2.24 bits per heavy atom. The van der Waals surface area contributed by atoms with Crippen molar-refractivity contribution in [2.24, 2.45) is 5.41 Å². The van der Waals surface area contributed by atoms with Crippen LogP contribution in [-0.4, -0.2) is 34.0 Å². The fourth-order valence-corrected chi connectivity index (χ4v) is 2.72. The number of rotatable bonds is 5. The summed E-state index contributed by atoms with van der Waals surface area (Å²) in [5, 5.41) is 9.24. The third kappa shape index (κ3) is 2.31. The molecular weight excluding hydrogens is 218 g/mol. The summed E-state index contributed by atoms with van der Waals surface area (Å²) >= 11 is 0. The molecule has 1 N–H and O–H groups in total. The van der Waals surface area contributed by atoms with Crippen molar-refractivity contribution in [3.8, 4) is 0 Å². The molecule has 4 heteroatoms. The van der Waals surface area contributed by atoms with Crippen LogP contribution in [0.2, 0.25) is 0 Å². The molecule has 0 bridgehead atoms. The van der Waals surface area contributed by atoms with Crippen molar-refractivity contribution in [1.82, 2.24) is 4.90 Å². The van der Waals surface area contributed by atoms with Gasteiger partial charge in [-0.05, 0) is 39.5 Å². The SMILES string of the molecule is CC(C)N(C(=O)CC1(C(=O)O)CCC1)C1CC1. The topological polar surface area (TPSA) is 57.6 Å². The molecule has 4 nitrogen and oxygen atoms in total. The Hall–Kier alpha value is -1.06. The number of carboxylic acid groups (broad SMARTS) is 1. The van der Waals surface area contributed by atoms with Crippen LogP contribution >= 0.6 is 0 Å². The van der Waals surface area contributed by atoms with Crippen LogP contribution in [-0.2, 0) is 9.59 Å². The highest BCUT2D eigenvalue weighted by molar-refractivity contribution is 5.86. The summed E-state index contributed by atoms with van der Waals surface area (Å²) in [6.45, 7) is 4.01. The van der Waals surface area contributed by atoms with E-state index in [1.165, 1.54) is 0 Å². The lowest BCUT2D eigenvalue weighted by Gasteiger charge is -2.39. The van der Waals surface area contributed by atoms with Crippen molar-refractivity contribution < 1.29 is 14.7 Å². The molecule has 0 radical (unpaired) electrons. The normalized spacial score (nSPS) is 22.1. The van der Waals surface area contributed by atoms with Crippen molar-refractivity contribution in [2.45, 2.75) is 64.5 Å². The standard InChI is InChI=1S/C13H21NO3/c1-9(2)14(10-4-5-10)11(15)8-13(12(16)17)6-3-7-13/h9-10H,3-8H2,1-2H3,(H,16,17). The fraction of sp³-hybridized carbons (Fsp3) is 0.846. The van der Waals surface area contributed by atoms with Gasteiger partial charge in [-0.2, -0.15) is 0 Å². The Kier molecular flexibility index (Phi) is 3.15. The monoisotopic (exact) mass is 239 g/mol. The number of aliphatic carboxylic acids is 1. The number of nitrogens with zero attached hydrogens (tertiary/aromatic N) is 1. The summed E-state index contributed by atoms with van der Waals surface area (Å²) in [5.74, 6) is -0.763. The van der Waals surface area contributed by atoms with E-state index in [0.717, 1.165) is 19.3 Å².